The fourth-order valence-electron chi connectivity index (χ4n) is 1.16. The van der Waals surface area contributed by atoms with Gasteiger partial charge in [0.2, 0.25) is 5.82 Å². The third kappa shape index (κ3) is 1.83. The van der Waals surface area contributed by atoms with Crippen LogP contribution in [-0.4, -0.2) is 12.2 Å². The average Bonchev–Trinajstić information content (AvgIpc) is 2.13. The molecule has 0 saturated carbocycles. The van der Waals surface area contributed by atoms with E-state index in [1.165, 1.54) is 7.11 Å². The summed E-state index contributed by atoms with van der Waals surface area (Å²) in [5.74, 6) is -1.28. The smallest absolute Gasteiger partial charge is 0.208 e. The molecule has 0 aliphatic rings. The van der Waals surface area contributed by atoms with Gasteiger partial charge in [0.15, 0.2) is 11.5 Å². The van der Waals surface area contributed by atoms with Crippen molar-refractivity contribution in [3.63, 3.8) is 0 Å². The van der Waals surface area contributed by atoms with Gasteiger partial charge in [-0.15, -0.1) is 0 Å². The Bertz CT molecular complexity index is 355. The van der Waals surface area contributed by atoms with Gasteiger partial charge in [0.05, 0.1) is 11.6 Å². The topological polar surface area (TPSA) is 55.5 Å². The van der Waals surface area contributed by atoms with E-state index in [4.69, 9.17) is 10.5 Å². The highest BCUT2D eigenvalue weighted by molar-refractivity contribution is 9.10. The third-order valence-electron chi connectivity index (χ3n) is 1.87. The van der Waals surface area contributed by atoms with E-state index in [0.717, 1.165) is 0 Å². The molecule has 1 rings (SSSR count). The minimum Gasteiger partial charge on any atom is -0.504 e. The van der Waals surface area contributed by atoms with Crippen LogP contribution in [0, 0.1) is 5.82 Å². The molecule has 1 aromatic rings. The Hall–Kier alpha value is -0.810. The second-order valence-electron chi connectivity index (χ2n) is 2.93. The zero-order valence-electron chi connectivity index (χ0n) is 7.84. The van der Waals surface area contributed by atoms with Gasteiger partial charge < -0.3 is 15.6 Å². The summed E-state index contributed by atoms with van der Waals surface area (Å²) in [5, 5.41) is 9.28. The third-order valence-corrected chi connectivity index (χ3v) is 2.48. The number of phenolic OH excluding ortho intramolecular Hbond substituents is 1. The van der Waals surface area contributed by atoms with Crippen molar-refractivity contribution in [1.29, 1.82) is 0 Å². The van der Waals surface area contributed by atoms with Crippen molar-refractivity contribution in [2.75, 3.05) is 7.11 Å². The van der Waals surface area contributed by atoms with Crippen molar-refractivity contribution in [2.45, 2.75) is 13.0 Å². The van der Waals surface area contributed by atoms with Crippen LogP contribution in [-0.2, 0) is 0 Å². The quantitative estimate of drug-likeness (QED) is 0.861. The molecule has 0 heterocycles. The van der Waals surface area contributed by atoms with Crippen LogP contribution in [0.2, 0.25) is 0 Å². The first-order valence-corrected chi connectivity index (χ1v) is 4.78. The van der Waals surface area contributed by atoms with E-state index >= 15 is 0 Å². The van der Waals surface area contributed by atoms with Crippen LogP contribution in [0.5, 0.6) is 11.5 Å². The molecule has 3 nitrogen and oxygen atoms in total. The Kier molecular flexibility index (Phi) is 3.34. The lowest BCUT2D eigenvalue weighted by atomic mass is 10.1. The molecule has 1 atom stereocenters. The molecule has 0 aliphatic heterocycles. The molecule has 78 valence electrons. The summed E-state index contributed by atoms with van der Waals surface area (Å²) >= 11 is 3.03. The van der Waals surface area contributed by atoms with Crippen molar-refractivity contribution in [3.05, 3.63) is 21.9 Å². The summed E-state index contributed by atoms with van der Waals surface area (Å²) < 4.78 is 18.5. The highest BCUT2D eigenvalue weighted by Gasteiger charge is 2.19. The molecular formula is C9H11BrFNO2. The molecule has 5 heteroatoms. The number of hydrogen-bond acceptors (Lipinski definition) is 3. The number of benzene rings is 1. The van der Waals surface area contributed by atoms with Gasteiger partial charge in [-0.3, -0.25) is 0 Å². The number of nitrogens with two attached hydrogens (primary N) is 1. The monoisotopic (exact) mass is 263 g/mol. The van der Waals surface area contributed by atoms with Gasteiger partial charge >= 0.3 is 0 Å². The largest absolute Gasteiger partial charge is 0.504 e. The molecule has 1 unspecified atom stereocenters. The summed E-state index contributed by atoms with van der Waals surface area (Å²) in [4.78, 5) is 0. The standard InChI is InChI=1S/C9H11BrFNO2/c1-4(12)5-3-6(10)8(13)7(11)9(5)14-2/h3-4,13H,12H2,1-2H3. The molecule has 14 heavy (non-hydrogen) atoms. The van der Waals surface area contributed by atoms with Crippen LogP contribution < -0.4 is 10.5 Å². The lowest BCUT2D eigenvalue weighted by Gasteiger charge is -2.14. The predicted molar refractivity (Wildman–Crippen MR) is 54.9 cm³/mol. The average molecular weight is 264 g/mol. The van der Waals surface area contributed by atoms with Gasteiger partial charge in [0, 0.05) is 11.6 Å². The second kappa shape index (κ2) is 4.14. The van der Waals surface area contributed by atoms with Crippen molar-refractivity contribution < 1.29 is 14.2 Å². The fourth-order valence-corrected chi connectivity index (χ4v) is 1.58. The summed E-state index contributed by atoms with van der Waals surface area (Å²) in [6.45, 7) is 1.71. The molecule has 0 aromatic heterocycles. The van der Waals surface area contributed by atoms with Crippen LogP contribution in [0.1, 0.15) is 18.5 Å². The van der Waals surface area contributed by atoms with Gasteiger partial charge in [0.1, 0.15) is 0 Å². The van der Waals surface area contributed by atoms with Crippen molar-refractivity contribution in [1.82, 2.24) is 0 Å². The van der Waals surface area contributed by atoms with Crippen molar-refractivity contribution >= 4 is 15.9 Å². The Morgan fingerprint density at radius 1 is 1.64 bits per heavy atom. The maximum absolute atomic E-state index is 13.4. The molecule has 0 radical (unpaired) electrons. The minimum absolute atomic E-state index is 0.0132. The van der Waals surface area contributed by atoms with Crippen LogP contribution in [0.4, 0.5) is 4.39 Å². The maximum Gasteiger partial charge on any atom is 0.208 e. The number of hydrogen-bond donors (Lipinski definition) is 2. The summed E-state index contributed by atoms with van der Waals surface area (Å²) in [6.07, 6.45) is 0. The van der Waals surface area contributed by atoms with Crippen LogP contribution in [0.15, 0.2) is 10.5 Å². The number of aromatic hydroxyl groups is 1. The lowest BCUT2D eigenvalue weighted by Crippen LogP contribution is -2.08. The minimum atomic E-state index is -0.797. The maximum atomic E-state index is 13.4. The Morgan fingerprint density at radius 3 is 2.64 bits per heavy atom. The summed E-state index contributed by atoms with van der Waals surface area (Å²) in [6, 6.07) is 1.18. The number of phenols is 1. The van der Waals surface area contributed by atoms with Gasteiger partial charge in [-0.05, 0) is 28.9 Å². The summed E-state index contributed by atoms with van der Waals surface area (Å²) in [5.41, 5.74) is 6.14. The fraction of sp³-hybridized carbons (Fsp3) is 0.333. The van der Waals surface area contributed by atoms with E-state index in [0.29, 0.717) is 5.56 Å². The highest BCUT2D eigenvalue weighted by Crippen LogP contribution is 2.38. The van der Waals surface area contributed by atoms with Gasteiger partial charge in [0.25, 0.3) is 0 Å². The number of rotatable bonds is 2. The Morgan fingerprint density at radius 2 is 2.21 bits per heavy atom. The first-order chi connectivity index (χ1) is 6.49. The van der Waals surface area contributed by atoms with E-state index in [-0.39, 0.29) is 16.3 Å². The van der Waals surface area contributed by atoms with Gasteiger partial charge in [-0.2, -0.15) is 4.39 Å². The predicted octanol–water partition coefficient (Wildman–Crippen LogP) is 2.32. The summed E-state index contributed by atoms with van der Waals surface area (Å²) in [7, 11) is 1.33. The molecule has 3 N–H and O–H groups in total. The molecule has 0 amide bonds. The van der Waals surface area contributed by atoms with E-state index in [1.807, 2.05) is 0 Å². The Labute approximate surface area is 89.8 Å². The van der Waals surface area contributed by atoms with Crippen LogP contribution >= 0.6 is 15.9 Å². The number of ether oxygens (including phenoxy) is 1. The zero-order chi connectivity index (χ0) is 10.9. The zero-order valence-corrected chi connectivity index (χ0v) is 9.43. The SMILES string of the molecule is COc1c(C(C)N)cc(Br)c(O)c1F. The number of halogens is 2. The van der Waals surface area contributed by atoms with Crippen LogP contribution in [0.3, 0.4) is 0 Å². The van der Waals surface area contributed by atoms with E-state index in [2.05, 4.69) is 15.9 Å². The van der Waals surface area contributed by atoms with Gasteiger partial charge in [-0.25, -0.2) is 0 Å². The number of methoxy groups -OCH3 is 1. The van der Waals surface area contributed by atoms with E-state index < -0.39 is 11.6 Å². The van der Waals surface area contributed by atoms with Crippen molar-refractivity contribution in [2.24, 2.45) is 5.73 Å². The molecule has 1 aromatic carbocycles. The molecular weight excluding hydrogens is 253 g/mol. The normalized spacial score (nSPS) is 12.6. The van der Waals surface area contributed by atoms with Crippen LogP contribution in [0.25, 0.3) is 0 Å². The first kappa shape index (κ1) is 11.3. The van der Waals surface area contributed by atoms with E-state index in [9.17, 15) is 9.50 Å². The molecule has 0 spiro atoms. The van der Waals surface area contributed by atoms with Gasteiger partial charge in [-0.1, -0.05) is 0 Å². The molecule has 0 fully saturated rings. The van der Waals surface area contributed by atoms with E-state index in [1.54, 1.807) is 13.0 Å². The van der Waals surface area contributed by atoms with Crippen molar-refractivity contribution in [3.8, 4) is 11.5 Å². The highest BCUT2D eigenvalue weighted by atomic mass is 79.9. The second-order valence-corrected chi connectivity index (χ2v) is 3.79. The molecule has 0 bridgehead atoms. The first-order valence-electron chi connectivity index (χ1n) is 3.99. The lowest BCUT2D eigenvalue weighted by molar-refractivity contribution is 0.357. The molecule has 0 aliphatic carbocycles. The Balaban J connectivity index is 3.43. The molecule has 0 saturated heterocycles.